The second kappa shape index (κ2) is 8.53. The third kappa shape index (κ3) is 4.99. The molecule has 2 rings (SSSR count). The Labute approximate surface area is 139 Å². The first kappa shape index (κ1) is 17.3. The fourth-order valence-electron chi connectivity index (χ4n) is 2.71. The van der Waals surface area contributed by atoms with Gasteiger partial charge in [0.15, 0.2) is 0 Å². The molecular formula is C16H22ClNO3S. The molecule has 1 amide bonds. The highest BCUT2D eigenvalue weighted by molar-refractivity contribution is 7.86. The lowest BCUT2D eigenvalue weighted by Crippen LogP contribution is -2.32. The van der Waals surface area contributed by atoms with E-state index in [2.05, 4.69) is 5.32 Å². The van der Waals surface area contributed by atoms with Crippen molar-refractivity contribution >= 4 is 28.3 Å². The molecule has 1 aliphatic rings. The standard InChI is InChI=1S/C16H22ClNO3S/c1-21-15-8-7-13(17)9-12(15)10-18-16(19)11-22(20)14-5-3-2-4-6-14/h7-9,14H,2-6,10-11H2,1H3,(H,18,19)/t22-/m1/s1. The predicted octanol–water partition coefficient (Wildman–Crippen LogP) is 3.05. The van der Waals surface area contributed by atoms with Crippen molar-refractivity contribution in [2.24, 2.45) is 0 Å². The first-order chi connectivity index (χ1) is 10.6. The van der Waals surface area contributed by atoms with Crippen molar-refractivity contribution in [3.05, 3.63) is 28.8 Å². The van der Waals surface area contributed by atoms with Gasteiger partial charge in [0.25, 0.3) is 0 Å². The van der Waals surface area contributed by atoms with Crippen LogP contribution in [0.1, 0.15) is 37.7 Å². The van der Waals surface area contributed by atoms with Crippen LogP contribution in [0.3, 0.4) is 0 Å². The molecule has 1 saturated carbocycles. The molecule has 1 aromatic rings. The Kier molecular flexibility index (Phi) is 6.70. The van der Waals surface area contributed by atoms with Gasteiger partial charge in [-0.2, -0.15) is 0 Å². The van der Waals surface area contributed by atoms with Crippen molar-refractivity contribution in [1.82, 2.24) is 5.32 Å². The zero-order chi connectivity index (χ0) is 15.9. The summed E-state index contributed by atoms with van der Waals surface area (Å²) < 4.78 is 17.4. The summed E-state index contributed by atoms with van der Waals surface area (Å²) in [6.45, 7) is 0.324. The van der Waals surface area contributed by atoms with E-state index in [9.17, 15) is 9.00 Å². The lowest BCUT2D eigenvalue weighted by molar-refractivity contribution is -0.118. The van der Waals surface area contributed by atoms with Crippen molar-refractivity contribution in [1.29, 1.82) is 0 Å². The summed E-state index contributed by atoms with van der Waals surface area (Å²) in [5.41, 5.74) is 0.812. The first-order valence-electron chi connectivity index (χ1n) is 7.56. The van der Waals surface area contributed by atoms with E-state index in [1.165, 1.54) is 6.42 Å². The largest absolute Gasteiger partial charge is 0.496 e. The zero-order valence-electron chi connectivity index (χ0n) is 12.8. The number of methoxy groups -OCH3 is 1. The van der Waals surface area contributed by atoms with E-state index in [1.54, 1.807) is 25.3 Å². The smallest absolute Gasteiger partial charge is 0.232 e. The Balaban J connectivity index is 1.84. The molecule has 0 aromatic heterocycles. The summed E-state index contributed by atoms with van der Waals surface area (Å²) in [5, 5.41) is 3.57. The van der Waals surface area contributed by atoms with Gasteiger partial charge in [-0.1, -0.05) is 30.9 Å². The van der Waals surface area contributed by atoms with Crippen molar-refractivity contribution < 1.29 is 13.7 Å². The molecule has 0 bridgehead atoms. The van der Waals surface area contributed by atoms with Crippen LogP contribution in [0.15, 0.2) is 18.2 Å². The van der Waals surface area contributed by atoms with Gasteiger partial charge in [0.2, 0.25) is 5.91 Å². The number of amides is 1. The van der Waals surface area contributed by atoms with E-state index >= 15 is 0 Å². The van der Waals surface area contributed by atoms with Crippen LogP contribution in [0.4, 0.5) is 0 Å². The Bertz CT molecular complexity index is 544. The van der Waals surface area contributed by atoms with Crippen LogP contribution in [-0.4, -0.2) is 28.2 Å². The van der Waals surface area contributed by atoms with Gasteiger partial charge in [-0.15, -0.1) is 0 Å². The molecule has 1 aliphatic carbocycles. The maximum Gasteiger partial charge on any atom is 0.232 e. The molecule has 1 aromatic carbocycles. The van der Waals surface area contributed by atoms with Gasteiger partial charge in [-0.05, 0) is 31.0 Å². The monoisotopic (exact) mass is 343 g/mol. The number of hydrogen-bond donors (Lipinski definition) is 1. The van der Waals surface area contributed by atoms with Gasteiger partial charge in [0.05, 0.1) is 7.11 Å². The van der Waals surface area contributed by atoms with Gasteiger partial charge >= 0.3 is 0 Å². The normalized spacial score (nSPS) is 17.0. The highest BCUT2D eigenvalue weighted by atomic mass is 35.5. The number of carbonyl (C=O) groups excluding carboxylic acids is 1. The Hall–Kier alpha value is -1.07. The molecule has 0 saturated heterocycles. The molecule has 1 fully saturated rings. The number of carbonyl (C=O) groups is 1. The summed E-state index contributed by atoms with van der Waals surface area (Å²) in [6, 6.07) is 5.27. The summed E-state index contributed by atoms with van der Waals surface area (Å²) in [4.78, 5) is 12.0. The van der Waals surface area contributed by atoms with Crippen LogP contribution in [-0.2, 0) is 22.1 Å². The van der Waals surface area contributed by atoms with E-state index in [-0.39, 0.29) is 16.9 Å². The summed E-state index contributed by atoms with van der Waals surface area (Å²) in [6.07, 6.45) is 5.41. The molecule has 22 heavy (non-hydrogen) atoms. The molecule has 0 aliphatic heterocycles. The Morgan fingerprint density at radius 1 is 1.36 bits per heavy atom. The van der Waals surface area contributed by atoms with Crippen LogP contribution >= 0.6 is 11.6 Å². The third-order valence-electron chi connectivity index (χ3n) is 3.92. The quantitative estimate of drug-likeness (QED) is 0.863. The number of rotatable bonds is 6. The molecular weight excluding hydrogens is 322 g/mol. The van der Waals surface area contributed by atoms with E-state index < -0.39 is 10.8 Å². The van der Waals surface area contributed by atoms with Gasteiger partial charge in [-0.3, -0.25) is 9.00 Å². The lowest BCUT2D eigenvalue weighted by Gasteiger charge is -2.20. The minimum absolute atomic E-state index is 0.0769. The van der Waals surface area contributed by atoms with Crippen LogP contribution in [0.25, 0.3) is 0 Å². The molecule has 0 heterocycles. The number of ether oxygens (including phenoxy) is 1. The van der Waals surface area contributed by atoms with Gasteiger partial charge < -0.3 is 10.1 Å². The summed E-state index contributed by atoms with van der Waals surface area (Å²) >= 11 is 5.96. The van der Waals surface area contributed by atoms with E-state index in [0.29, 0.717) is 17.3 Å². The van der Waals surface area contributed by atoms with Crippen molar-refractivity contribution in [2.45, 2.75) is 43.9 Å². The van der Waals surface area contributed by atoms with Crippen molar-refractivity contribution in [3.63, 3.8) is 0 Å². The third-order valence-corrected chi connectivity index (χ3v) is 5.91. The molecule has 122 valence electrons. The molecule has 0 radical (unpaired) electrons. The maximum absolute atomic E-state index is 12.2. The number of hydrogen-bond acceptors (Lipinski definition) is 3. The van der Waals surface area contributed by atoms with Crippen LogP contribution < -0.4 is 10.1 Å². The Morgan fingerprint density at radius 2 is 2.09 bits per heavy atom. The topological polar surface area (TPSA) is 55.4 Å². The second-order valence-electron chi connectivity index (χ2n) is 5.52. The summed E-state index contributed by atoms with van der Waals surface area (Å²) in [5.74, 6) is 0.567. The zero-order valence-corrected chi connectivity index (χ0v) is 14.3. The Morgan fingerprint density at radius 3 is 2.77 bits per heavy atom. The van der Waals surface area contributed by atoms with Crippen LogP contribution in [0, 0.1) is 0 Å². The van der Waals surface area contributed by atoms with E-state index in [4.69, 9.17) is 16.3 Å². The maximum atomic E-state index is 12.2. The molecule has 1 N–H and O–H groups in total. The molecule has 1 atom stereocenters. The second-order valence-corrected chi connectivity index (χ2v) is 7.67. The number of halogens is 1. The molecule has 4 nitrogen and oxygen atoms in total. The van der Waals surface area contributed by atoms with Gasteiger partial charge in [-0.25, -0.2) is 0 Å². The highest BCUT2D eigenvalue weighted by Gasteiger charge is 2.21. The molecule has 0 spiro atoms. The molecule has 6 heteroatoms. The van der Waals surface area contributed by atoms with Crippen LogP contribution in [0.5, 0.6) is 5.75 Å². The predicted molar refractivity (Wildman–Crippen MR) is 89.7 cm³/mol. The van der Waals surface area contributed by atoms with Crippen LogP contribution in [0.2, 0.25) is 5.02 Å². The summed E-state index contributed by atoms with van der Waals surface area (Å²) in [7, 11) is 0.501. The fourth-order valence-corrected chi connectivity index (χ4v) is 4.36. The average molecular weight is 344 g/mol. The van der Waals surface area contributed by atoms with Crippen molar-refractivity contribution in [3.8, 4) is 5.75 Å². The van der Waals surface area contributed by atoms with E-state index in [1.807, 2.05) is 0 Å². The van der Waals surface area contributed by atoms with Gasteiger partial charge in [0, 0.05) is 33.2 Å². The average Bonchev–Trinajstić information content (AvgIpc) is 2.54. The fraction of sp³-hybridized carbons (Fsp3) is 0.562. The van der Waals surface area contributed by atoms with Gasteiger partial charge in [0.1, 0.15) is 11.5 Å². The molecule has 0 unspecified atom stereocenters. The minimum Gasteiger partial charge on any atom is -0.496 e. The minimum atomic E-state index is -1.08. The van der Waals surface area contributed by atoms with E-state index in [0.717, 1.165) is 31.2 Å². The number of benzene rings is 1. The SMILES string of the molecule is COc1ccc(Cl)cc1CNC(=O)C[S@@](=O)C1CCCCC1. The first-order valence-corrected chi connectivity index (χ1v) is 9.32. The number of nitrogens with one attached hydrogen (secondary N) is 1. The highest BCUT2D eigenvalue weighted by Crippen LogP contribution is 2.23. The lowest BCUT2D eigenvalue weighted by atomic mass is 10.0. The van der Waals surface area contributed by atoms with Crippen molar-refractivity contribution in [2.75, 3.05) is 12.9 Å².